The van der Waals surface area contributed by atoms with Gasteiger partial charge in [-0.25, -0.2) is 0 Å². The maximum Gasteiger partial charge on any atom is 0.191 e. The second-order valence-corrected chi connectivity index (χ2v) is 7.38. The Hall–Kier alpha value is -0.830. The molecule has 2 N–H and O–H groups in total. The second-order valence-electron chi connectivity index (χ2n) is 5.86. The van der Waals surface area contributed by atoms with Crippen LogP contribution in [0.5, 0.6) is 11.5 Å². The van der Waals surface area contributed by atoms with E-state index in [1.54, 1.807) is 21.3 Å². The number of hydrogen-bond acceptors (Lipinski definition) is 4. The molecule has 0 aliphatic heterocycles. The zero-order valence-electron chi connectivity index (χ0n) is 15.6. The van der Waals surface area contributed by atoms with E-state index in [-0.39, 0.29) is 34.8 Å². The third kappa shape index (κ3) is 6.96. The monoisotopic (exact) mass is 467 g/mol. The van der Waals surface area contributed by atoms with Crippen LogP contribution < -0.4 is 20.1 Å². The average Bonchev–Trinajstić information content (AvgIpc) is 2.57. The minimum Gasteiger partial charge on any atom is -0.497 e. The number of benzene rings is 1. The number of guanidine groups is 1. The van der Waals surface area contributed by atoms with Crippen molar-refractivity contribution in [1.29, 1.82) is 0 Å². The van der Waals surface area contributed by atoms with E-state index in [1.807, 2.05) is 30.0 Å². The van der Waals surface area contributed by atoms with Crippen LogP contribution in [0.15, 0.2) is 23.2 Å². The number of nitrogens with zero attached hydrogens (tertiary/aromatic N) is 1. The Labute approximate surface area is 167 Å². The summed E-state index contributed by atoms with van der Waals surface area (Å²) in [6, 6.07) is 5.82. The number of aliphatic imine (C=N–C) groups is 1. The predicted molar refractivity (Wildman–Crippen MR) is 115 cm³/mol. The Morgan fingerprint density at radius 2 is 1.96 bits per heavy atom. The van der Waals surface area contributed by atoms with E-state index in [2.05, 4.69) is 42.7 Å². The summed E-state index contributed by atoms with van der Waals surface area (Å²) in [5.74, 6) is 2.40. The highest BCUT2D eigenvalue weighted by atomic mass is 127. The summed E-state index contributed by atoms with van der Waals surface area (Å²) in [5, 5.41) is 6.77. The molecule has 0 aliphatic carbocycles. The highest BCUT2D eigenvalue weighted by molar-refractivity contribution is 14.0. The number of halogens is 1. The average molecular weight is 467 g/mol. The van der Waals surface area contributed by atoms with Gasteiger partial charge in [0.05, 0.1) is 20.3 Å². The van der Waals surface area contributed by atoms with Crippen molar-refractivity contribution >= 4 is 41.7 Å². The molecule has 0 amide bonds. The van der Waals surface area contributed by atoms with Gasteiger partial charge in [0.15, 0.2) is 5.96 Å². The van der Waals surface area contributed by atoms with Gasteiger partial charge in [0, 0.05) is 23.9 Å². The second kappa shape index (κ2) is 10.9. The van der Waals surface area contributed by atoms with Gasteiger partial charge >= 0.3 is 0 Å². The van der Waals surface area contributed by atoms with Gasteiger partial charge in [-0.15, -0.1) is 24.0 Å². The minimum atomic E-state index is 0. The molecule has 0 aromatic heterocycles. The summed E-state index contributed by atoms with van der Waals surface area (Å²) in [6.45, 7) is 7.30. The molecule has 7 heteroatoms. The van der Waals surface area contributed by atoms with Crippen molar-refractivity contribution in [2.75, 3.05) is 34.1 Å². The van der Waals surface area contributed by atoms with E-state index in [1.165, 1.54) is 0 Å². The Morgan fingerprint density at radius 1 is 1.29 bits per heavy atom. The lowest BCUT2D eigenvalue weighted by Gasteiger charge is -2.25. The van der Waals surface area contributed by atoms with Crippen LogP contribution >= 0.6 is 35.7 Å². The summed E-state index contributed by atoms with van der Waals surface area (Å²) in [5.41, 5.74) is 1.03. The Bertz CT molecular complexity index is 539. The first kappa shape index (κ1) is 23.2. The predicted octanol–water partition coefficient (Wildman–Crippen LogP) is 3.69. The molecule has 0 fully saturated rings. The topological polar surface area (TPSA) is 54.9 Å². The van der Waals surface area contributed by atoms with Gasteiger partial charge in [0.1, 0.15) is 11.5 Å². The van der Waals surface area contributed by atoms with E-state index in [0.29, 0.717) is 0 Å². The van der Waals surface area contributed by atoms with Crippen LogP contribution in [0.4, 0.5) is 0 Å². The number of methoxy groups -OCH3 is 2. The smallest absolute Gasteiger partial charge is 0.191 e. The molecule has 5 nitrogen and oxygen atoms in total. The summed E-state index contributed by atoms with van der Waals surface area (Å²) in [6.07, 6.45) is 2.11. The van der Waals surface area contributed by atoms with Crippen molar-refractivity contribution in [3.63, 3.8) is 0 Å². The maximum absolute atomic E-state index is 5.45. The number of hydrogen-bond donors (Lipinski definition) is 2. The van der Waals surface area contributed by atoms with E-state index >= 15 is 0 Å². The van der Waals surface area contributed by atoms with E-state index < -0.39 is 0 Å². The fraction of sp³-hybridized carbons (Fsp3) is 0.588. The van der Waals surface area contributed by atoms with E-state index in [9.17, 15) is 0 Å². The van der Waals surface area contributed by atoms with Gasteiger partial charge < -0.3 is 20.1 Å². The van der Waals surface area contributed by atoms with Crippen molar-refractivity contribution in [1.82, 2.24) is 10.6 Å². The van der Waals surface area contributed by atoms with Gasteiger partial charge in [-0.2, -0.15) is 11.8 Å². The Kier molecular flexibility index (Phi) is 10.5. The lowest BCUT2D eigenvalue weighted by molar-refractivity contribution is 0.394. The van der Waals surface area contributed by atoms with Gasteiger partial charge in [-0.3, -0.25) is 4.99 Å². The van der Waals surface area contributed by atoms with Crippen molar-refractivity contribution in [2.24, 2.45) is 4.99 Å². The summed E-state index contributed by atoms with van der Waals surface area (Å²) in [4.78, 5) is 4.30. The van der Waals surface area contributed by atoms with Crippen molar-refractivity contribution in [3.05, 3.63) is 23.8 Å². The lowest BCUT2D eigenvalue weighted by atomic mass is 10.1. The number of rotatable bonds is 7. The molecule has 1 aromatic carbocycles. The largest absolute Gasteiger partial charge is 0.497 e. The van der Waals surface area contributed by atoms with Gasteiger partial charge in [0.2, 0.25) is 0 Å². The SMILES string of the molecule is CN=C(NCC(C)(C)SC)NC(C)c1cc(OC)ccc1OC.I. The number of thioether (sulfide) groups is 1. The van der Waals surface area contributed by atoms with Crippen molar-refractivity contribution in [3.8, 4) is 11.5 Å². The molecule has 24 heavy (non-hydrogen) atoms. The quantitative estimate of drug-likeness (QED) is 0.364. The lowest BCUT2D eigenvalue weighted by Crippen LogP contribution is -2.44. The van der Waals surface area contributed by atoms with Crippen LogP contribution in [0.2, 0.25) is 0 Å². The third-order valence-electron chi connectivity index (χ3n) is 3.71. The highest BCUT2D eigenvalue weighted by Crippen LogP contribution is 2.29. The fourth-order valence-electron chi connectivity index (χ4n) is 2.02. The number of nitrogens with one attached hydrogen (secondary N) is 2. The van der Waals surface area contributed by atoms with Gasteiger partial charge in [-0.1, -0.05) is 0 Å². The molecule has 0 saturated heterocycles. The molecular formula is C17H30IN3O2S. The molecule has 1 unspecified atom stereocenters. The van der Waals surface area contributed by atoms with Crippen LogP contribution in [-0.2, 0) is 0 Å². The summed E-state index contributed by atoms with van der Waals surface area (Å²) in [7, 11) is 5.11. The molecule has 0 bridgehead atoms. The molecule has 0 spiro atoms. The van der Waals surface area contributed by atoms with Crippen LogP contribution in [0.3, 0.4) is 0 Å². The summed E-state index contributed by atoms with van der Waals surface area (Å²) >= 11 is 1.82. The van der Waals surface area contributed by atoms with E-state index in [4.69, 9.17) is 9.47 Å². The highest BCUT2D eigenvalue weighted by Gasteiger charge is 2.18. The van der Waals surface area contributed by atoms with Crippen molar-refractivity contribution in [2.45, 2.75) is 31.6 Å². The molecule has 0 saturated carbocycles. The standard InChI is InChI=1S/C17H29N3O2S.HI/c1-12(14-10-13(21-5)8-9-15(14)22-6)20-16(18-4)19-11-17(2,3)23-7;/h8-10,12H,11H2,1-7H3,(H2,18,19,20);1H. The molecule has 1 aromatic rings. The summed E-state index contributed by atoms with van der Waals surface area (Å²) < 4.78 is 10.9. The first-order valence-corrected chi connectivity index (χ1v) is 8.83. The van der Waals surface area contributed by atoms with Crippen LogP contribution in [0.25, 0.3) is 0 Å². The number of ether oxygens (including phenoxy) is 2. The minimum absolute atomic E-state index is 0. The molecule has 1 atom stereocenters. The maximum atomic E-state index is 5.45. The molecule has 0 aliphatic rings. The Balaban J connectivity index is 0.00000529. The molecule has 138 valence electrons. The normalized spacial score (nSPS) is 12.9. The first-order chi connectivity index (χ1) is 10.9. The molecular weight excluding hydrogens is 437 g/mol. The van der Waals surface area contributed by atoms with Gasteiger partial charge in [-0.05, 0) is 45.2 Å². The first-order valence-electron chi connectivity index (χ1n) is 7.61. The van der Waals surface area contributed by atoms with Crippen LogP contribution in [0, 0.1) is 0 Å². The fourth-order valence-corrected chi connectivity index (χ4v) is 2.24. The van der Waals surface area contributed by atoms with Gasteiger partial charge in [0.25, 0.3) is 0 Å². The van der Waals surface area contributed by atoms with Crippen LogP contribution in [-0.4, -0.2) is 44.8 Å². The van der Waals surface area contributed by atoms with Crippen molar-refractivity contribution < 1.29 is 9.47 Å². The molecule has 0 heterocycles. The zero-order valence-corrected chi connectivity index (χ0v) is 18.7. The zero-order chi connectivity index (χ0) is 17.5. The Morgan fingerprint density at radius 3 is 2.46 bits per heavy atom. The molecule has 1 rings (SSSR count). The molecule has 0 radical (unpaired) electrons. The van der Waals surface area contributed by atoms with E-state index in [0.717, 1.165) is 29.6 Å². The van der Waals surface area contributed by atoms with Crippen LogP contribution in [0.1, 0.15) is 32.4 Å². The third-order valence-corrected chi connectivity index (χ3v) is 4.96.